The highest BCUT2D eigenvalue weighted by Gasteiger charge is 2.45. The number of rotatable bonds is 6. The summed E-state index contributed by atoms with van der Waals surface area (Å²) in [7, 11) is 2.96. The molecule has 12 nitrogen and oxygen atoms in total. The average molecular weight is 542 g/mol. The molecule has 0 aliphatic carbocycles. The van der Waals surface area contributed by atoms with Crippen molar-refractivity contribution in [3.63, 3.8) is 0 Å². The lowest BCUT2D eigenvalue weighted by Gasteiger charge is -2.39. The molecule has 0 spiro atoms. The molecule has 1 fully saturated rings. The third kappa shape index (κ3) is 3.99. The van der Waals surface area contributed by atoms with Gasteiger partial charge in [0.05, 0.1) is 26.4 Å². The number of aliphatic hydroxyl groups excluding tert-OH is 4. The molecule has 12 heteroatoms. The lowest BCUT2D eigenvalue weighted by Crippen LogP contribution is -2.60. The summed E-state index contributed by atoms with van der Waals surface area (Å²) < 4.78 is 39.2. The highest BCUT2D eigenvalue weighted by atomic mass is 16.7. The van der Waals surface area contributed by atoms with Crippen molar-refractivity contribution in [2.45, 2.75) is 37.3 Å². The minimum atomic E-state index is -1.67. The number of fused-ring (bicyclic) bond motifs is 3. The Balaban J connectivity index is 1.59. The van der Waals surface area contributed by atoms with Crippen molar-refractivity contribution >= 4 is 16.7 Å². The molecule has 3 aliphatic rings. The number of hydrogen-bond acceptors (Lipinski definition) is 12. The summed E-state index contributed by atoms with van der Waals surface area (Å²) in [5.74, 6) is 1.39. The molecule has 1 saturated heterocycles. The van der Waals surface area contributed by atoms with Crippen molar-refractivity contribution in [3.05, 3.63) is 41.5 Å². The van der Waals surface area contributed by atoms with Gasteiger partial charge < -0.3 is 53.6 Å². The van der Waals surface area contributed by atoms with E-state index in [1.165, 1.54) is 14.2 Å². The second-order valence-electron chi connectivity index (χ2n) is 9.27. The molecule has 0 bridgehead atoms. The second-order valence-corrected chi connectivity index (χ2v) is 9.27. The highest BCUT2D eigenvalue weighted by Crippen LogP contribution is 2.49. The van der Waals surface area contributed by atoms with Gasteiger partial charge in [0.15, 0.2) is 23.0 Å². The van der Waals surface area contributed by atoms with Crippen LogP contribution in [0.25, 0.3) is 21.9 Å². The largest absolute Gasteiger partial charge is 0.493 e. The number of methoxy groups -OCH3 is 2. The topological polar surface area (TPSA) is 163 Å². The molecule has 4 N–H and O–H groups in total. The van der Waals surface area contributed by atoms with E-state index in [4.69, 9.17) is 33.2 Å². The minimum absolute atomic E-state index is 0.0799. The van der Waals surface area contributed by atoms with Crippen LogP contribution in [0.3, 0.4) is 0 Å². The van der Waals surface area contributed by atoms with E-state index >= 15 is 0 Å². The first kappa shape index (κ1) is 25.5. The predicted octanol–water partition coefficient (Wildman–Crippen LogP) is 1.10. The third-order valence-electron chi connectivity index (χ3n) is 7.16. The van der Waals surface area contributed by atoms with Crippen molar-refractivity contribution in [1.82, 2.24) is 0 Å². The maximum atomic E-state index is 13.1. The van der Waals surface area contributed by atoms with Gasteiger partial charge in [-0.15, -0.1) is 0 Å². The molecular weight excluding hydrogens is 516 g/mol. The van der Waals surface area contributed by atoms with E-state index in [1.54, 1.807) is 30.3 Å². The van der Waals surface area contributed by atoms with Crippen LogP contribution in [0.5, 0.6) is 28.7 Å². The Morgan fingerprint density at radius 3 is 2.31 bits per heavy atom. The fraction of sp³-hybridized carbons (Fsp3) is 0.370. The van der Waals surface area contributed by atoms with Crippen LogP contribution in [0.2, 0.25) is 0 Å². The summed E-state index contributed by atoms with van der Waals surface area (Å²) >= 11 is 0. The molecule has 3 heterocycles. The fourth-order valence-electron chi connectivity index (χ4n) is 5.18. The molecule has 3 aromatic rings. The summed E-state index contributed by atoms with van der Waals surface area (Å²) in [4.78, 5) is 13.1. The van der Waals surface area contributed by atoms with Crippen molar-refractivity contribution in [2.75, 3.05) is 27.6 Å². The molecule has 39 heavy (non-hydrogen) atoms. The number of benzene rings is 3. The number of carbonyl (C=O) groups is 1. The van der Waals surface area contributed by atoms with Crippen LogP contribution in [-0.4, -0.2) is 84.7 Å². The van der Waals surface area contributed by atoms with Gasteiger partial charge in [-0.25, -0.2) is 4.79 Å². The lowest BCUT2D eigenvalue weighted by atomic mass is 9.89. The number of hydrogen-bond donors (Lipinski definition) is 4. The molecule has 0 aromatic heterocycles. The van der Waals surface area contributed by atoms with E-state index in [0.29, 0.717) is 50.5 Å². The summed E-state index contributed by atoms with van der Waals surface area (Å²) in [6.45, 7) is -0.682. The zero-order valence-electron chi connectivity index (χ0n) is 20.9. The Hall–Kier alpha value is -3.81. The van der Waals surface area contributed by atoms with Crippen LogP contribution in [0.15, 0.2) is 30.3 Å². The van der Waals surface area contributed by atoms with Gasteiger partial charge in [0.2, 0.25) is 13.1 Å². The molecule has 5 atom stereocenters. The molecule has 206 valence electrons. The Morgan fingerprint density at radius 1 is 0.872 bits per heavy atom. The average Bonchev–Trinajstić information content (AvgIpc) is 3.58. The van der Waals surface area contributed by atoms with E-state index < -0.39 is 43.3 Å². The summed E-state index contributed by atoms with van der Waals surface area (Å²) in [5, 5.41) is 41.8. The van der Waals surface area contributed by atoms with Gasteiger partial charge in [0.25, 0.3) is 0 Å². The standard InChI is InChI=1S/C27H26O12/c1-33-16-6-12-13(7-17(16)34-2)25(39-27-24(31)23(30)22(29)19(8-28)38-27)14-9-35-26(32)21(14)20(12)11-3-4-15-18(5-11)37-10-36-15/h3-7,19,22-24,27-31H,8-10H2,1-2H3/t19-,22-,23+,24-,27+/m0/s1. The van der Waals surface area contributed by atoms with E-state index in [2.05, 4.69) is 0 Å². The smallest absolute Gasteiger partial charge is 0.339 e. The van der Waals surface area contributed by atoms with E-state index in [-0.39, 0.29) is 24.7 Å². The Bertz CT molecular complexity index is 1450. The quantitative estimate of drug-likeness (QED) is 0.329. The molecular formula is C27H26O12. The normalized spacial score (nSPS) is 25.4. The molecule has 0 radical (unpaired) electrons. The van der Waals surface area contributed by atoms with Gasteiger partial charge >= 0.3 is 5.97 Å². The van der Waals surface area contributed by atoms with Crippen molar-refractivity contribution in [2.24, 2.45) is 0 Å². The van der Waals surface area contributed by atoms with Gasteiger partial charge in [0.1, 0.15) is 36.8 Å². The van der Waals surface area contributed by atoms with Gasteiger partial charge in [0, 0.05) is 16.5 Å². The van der Waals surface area contributed by atoms with Crippen LogP contribution in [0.4, 0.5) is 0 Å². The van der Waals surface area contributed by atoms with E-state index in [9.17, 15) is 25.2 Å². The molecule has 3 aromatic carbocycles. The first-order valence-electron chi connectivity index (χ1n) is 12.1. The van der Waals surface area contributed by atoms with Crippen LogP contribution in [0.1, 0.15) is 15.9 Å². The van der Waals surface area contributed by atoms with E-state index in [1.807, 2.05) is 0 Å². The van der Waals surface area contributed by atoms with Crippen molar-refractivity contribution < 1.29 is 58.4 Å². The summed E-state index contributed by atoms with van der Waals surface area (Å²) in [6, 6.07) is 8.66. The zero-order valence-corrected chi connectivity index (χ0v) is 20.9. The maximum Gasteiger partial charge on any atom is 0.339 e. The van der Waals surface area contributed by atoms with Gasteiger partial charge in [-0.3, -0.25) is 0 Å². The molecule has 6 rings (SSSR count). The maximum absolute atomic E-state index is 13.1. The number of cyclic esters (lactones) is 1. The first-order valence-corrected chi connectivity index (χ1v) is 12.1. The van der Waals surface area contributed by atoms with Crippen LogP contribution in [-0.2, 0) is 16.1 Å². The number of esters is 1. The highest BCUT2D eigenvalue weighted by molar-refractivity contribution is 6.14. The third-order valence-corrected chi connectivity index (χ3v) is 7.16. The van der Waals surface area contributed by atoms with E-state index in [0.717, 1.165) is 0 Å². The van der Waals surface area contributed by atoms with Crippen molar-refractivity contribution in [3.8, 4) is 39.9 Å². The Labute approximate surface area is 221 Å². The molecule has 0 amide bonds. The van der Waals surface area contributed by atoms with Crippen LogP contribution < -0.4 is 23.7 Å². The van der Waals surface area contributed by atoms with Crippen LogP contribution in [0, 0.1) is 0 Å². The van der Waals surface area contributed by atoms with Gasteiger partial charge in [-0.2, -0.15) is 0 Å². The molecule has 0 saturated carbocycles. The molecule has 0 unspecified atom stereocenters. The first-order chi connectivity index (χ1) is 18.9. The lowest BCUT2D eigenvalue weighted by molar-refractivity contribution is -0.277. The summed E-state index contributed by atoms with van der Waals surface area (Å²) in [6.07, 6.45) is -7.56. The Morgan fingerprint density at radius 2 is 1.59 bits per heavy atom. The fourth-order valence-corrected chi connectivity index (χ4v) is 5.18. The minimum Gasteiger partial charge on any atom is -0.493 e. The number of carbonyl (C=O) groups excluding carboxylic acids is 1. The SMILES string of the molecule is COc1cc2c(O[C@H]3O[C@@H](CO)[C@H](O)[C@@H](O)[C@@H]3O)c3c(c(-c4ccc5c(c4)OCO5)c2cc1OC)C(=O)OC3. The second kappa shape index (κ2) is 9.74. The predicted molar refractivity (Wildman–Crippen MR) is 132 cm³/mol. The van der Waals surface area contributed by atoms with Crippen LogP contribution >= 0.6 is 0 Å². The number of aliphatic hydroxyl groups is 4. The van der Waals surface area contributed by atoms with Gasteiger partial charge in [-0.05, 0) is 35.2 Å². The van der Waals surface area contributed by atoms with Crippen molar-refractivity contribution in [1.29, 1.82) is 0 Å². The summed E-state index contributed by atoms with van der Waals surface area (Å²) in [5.41, 5.74) is 1.78. The molecule has 3 aliphatic heterocycles. The number of ether oxygens (including phenoxy) is 7. The monoisotopic (exact) mass is 542 g/mol. The zero-order chi connectivity index (χ0) is 27.4. The van der Waals surface area contributed by atoms with Gasteiger partial charge in [-0.1, -0.05) is 6.07 Å². The Kier molecular flexibility index (Phi) is 6.36.